The van der Waals surface area contributed by atoms with E-state index < -0.39 is 0 Å². The summed E-state index contributed by atoms with van der Waals surface area (Å²) in [4.78, 5) is 16.2. The molecule has 0 spiro atoms. The van der Waals surface area contributed by atoms with E-state index in [0.29, 0.717) is 10.8 Å². The minimum absolute atomic E-state index is 0.0953. The first kappa shape index (κ1) is 19.1. The summed E-state index contributed by atoms with van der Waals surface area (Å²) in [5, 5.41) is 8.72. The van der Waals surface area contributed by atoms with Gasteiger partial charge in [0.1, 0.15) is 0 Å². The first-order chi connectivity index (χ1) is 13.1. The number of rotatable bonds is 8. The van der Waals surface area contributed by atoms with Crippen molar-refractivity contribution in [1.29, 1.82) is 0 Å². The smallest absolute Gasteiger partial charge is 0.230 e. The number of amides is 1. The molecular formula is C21H24N4OS. The van der Waals surface area contributed by atoms with Gasteiger partial charge < -0.3 is 16.4 Å². The van der Waals surface area contributed by atoms with Crippen LogP contribution in [0.1, 0.15) is 29.8 Å². The Labute approximate surface area is 163 Å². The number of anilines is 2. The maximum absolute atomic E-state index is 12.1. The van der Waals surface area contributed by atoms with Crippen LogP contribution < -0.4 is 16.4 Å². The van der Waals surface area contributed by atoms with Crippen molar-refractivity contribution in [3.05, 3.63) is 76.8 Å². The number of nitrogens with one attached hydrogen (secondary N) is 2. The molecular weight excluding hydrogens is 356 g/mol. The number of carbonyl (C=O) groups is 1. The van der Waals surface area contributed by atoms with E-state index in [9.17, 15) is 4.79 Å². The fraction of sp³-hybridized carbons (Fsp3) is 0.238. The molecule has 0 aliphatic carbocycles. The summed E-state index contributed by atoms with van der Waals surface area (Å²) in [5.41, 5.74) is 9.59. The fourth-order valence-corrected chi connectivity index (χ4v) is 3.39. The molecule has 6 heteroatoms. The van der Waals surface area contributed by atoms with Gasteiger partial charge >= 0.3 is 0 Å². The van der Waals surface area contributed by atoms with Crippen LogP contribution in [0, 0.1) is 0 Å². The van der Waals surface area contributed by atoms with Crippen molar-refractivity contribution in [2.75, 3.05) is 17.6 Å². The van der Waals surface area contributed by atoms with Gasteiger partial charge in [0.25, 0.3) is 0 Å². The molecule has 0 aliphatic rings. The van der Waals surface area contributed by atoms with Crippen LogP contribution in [0.25, 0.3) is 0 Å². The quantitative estimate of drug-likeness (QED) is 0.555. The molecule has 0 fully saturated rings. The molecule has 0 bridgehead atoms. The van der Waals surface area contributed by atoms with E-state index in [0.717, 1.165) is 18.7 Å². The Morgan fingerprint density at radius 1 is 1.15 bits per heavy atom. The Hall–Kier alpha value is -2.70. The molecule has 1 aromatic heterocycles. The summed E-state index contributed by atoms with van der Waals surface area (Å²) in [6.07, 6.45) is 1.23. The molecule has 0 saturated carbocycles. The van der Waals surface area contributed by atoms with Crippen LogP contribution in [0.4, 0.5) is 10.8 Å². The van der Waals surface area contributed by atoms with Crippen molar-refractivity contribution in [2.45, 2.75) is 25.8 Å². The highest BCUT2D eigenvalue weighted by Gasteiger charge is 2.08. The van der Waals surface area contributed by atoms with Crippen LogP contribution in [0.15, 0.2) is 60.0 Å². The average molecular weight is 381 g/mol. The highest BCUT2D eigenvalue weighted by atomic mass is 32.1. The van der Waals surface area contributed by atoms with Crippen molar-refractivity contribution in [3.8, 4) is 0 Å². The van der Waals surface area contributed by atoms with Gasteiger partial charge in [0, 0.05) is 17.1 Å². The maximum Gasteiger partial charge on any atom is 0.230 e. The van der Waals surface area contributed by atoms with Gasteiger partial charge in [-0.15, -0.1) is 11.3 Å². The van der Waals surface area contributed by atoms with E-state index in [-0.39, 0.29) is 18.4 Å². The molecule has 3 aromatic rings. The first-order valence-electron chi connectivity index (χ1n) is 8.97. The maximum atomic E-state index is 12.1. The van der Waals surface area contributed by atoms with E-state index in [1.54, 1.807) is 5.38 Å². The summed E-state index contributed by atoms with van der Waals surface area (Å²) < 4.78 is 0. The van der Waals surface area contributed by atoms with Crippen molar-refractivity contribution in [3.63, 3.8) is 0 Å². The lowest BCUT2D eigenvalue weighted by molar-refractivity contribution is -0.115. The van der Waals surface area contributed by atoms with Crippen LogP contribution in [0.3, 0.4) is 0 Å². The number of benzene rings is 2. The minimum Gasteiger partial charge on any atom is -0.375 e. The van der Waals surface area contributed by atoms with Crippen molar-refractivity contribution >= 4 is 28.1 Å². The molecule has 1 atom stereocenters. The third kappa shape index (κ3) is 5.91. The van der Waals surface area contributed by atoms with Crippen LogP contribution in [0.2, 0.25) is 0 Å². The number of nitrogen functional groups attached to an aromatic ring is 1. The standard InChI is InChI=1S/C21H24N4OS/c1-15(23-12-11-16-5-3-2-4-6-16)17-7-9-18(10-8-17)24-20(26)13-19-14-27-21(22)25-19/h2-10,14-15,23H,11-13H2,1H3,(H2,22,25)(H,24,26). The third-order valence-corrected chi connectivity index (χ3v) is 5.04. The van der Waals surface area contributed by atoms with Crippen molar-refractivity contribution < 1.29 is 4.79 Å². The van der Waals surface area contributed by atoms with E-state index in [1.807, 2.05) is 30.3 Å². The fourth-order valence-electron chi connectivity index (χ4n) is 2.82. The van der Waals surface area contributed by atoms with Gasteiger partial charge in [-0.25, -0.2) is 4.98 Å². The molecule has 1 amide bonds. The highest BCUT2D eigenvalue weighted by Crippen LogP contribution is 2.17. The van der Waals surface area contributed by atoms with Gasteiger partial charge in [-0.05, 0) is 43.1 Å². The number of thiazole rings is 1. The van der Waals surface area contributed by atoms with E-state index in [2.05, 4.69) is 46.8 Å². The number of hydrogen-bond acceptors (Lipinski definition) is 5. The Bertz CT molecular complexity index is 861. The van der Waals surface area contributed by atoms with Crippen molar-refractivity contribution in [2.24, 2.45) is 0 Å². The van der Waals surface area contributed by atoms with Crippen LogP contribution in [-0.4, -0.2) is 17.4 Å². The van der Waals surface area contributed by atoms with Gasteiger partial charge in [0.2, 0.25) is 5.91 Å². The van der Waals surface area contributed by atoms with Gasteiger partial charge in [-0.3, -0.25) is 4.79 Å². The number of carbonyl (C=O) groups excluding carboxylic acids is 1. The Morgan fingerprint density at radius 3 is 2.56 bits per heavy atom. The average Bonchev–Trinajstić information content (AvgIpc) is 3.07. The number of nitrogens with zero attached hydrogens (tertiary/aromatic N) is 1. The van der Waals surface area contributed by atoms with Gasteiger partial charge in [0.05, 0.1) is 12.1 Å². The topological polar surface area (TPSA) is 80.0 Å². The Morgan fingerprint density at radius 2 is 1.89 bits per heavy atom. The molecule has 0 radical (unpaired) electrons. The summed E-state index contributed by atoms with van der Waals surface area (Å²) in [6, 6.07) is 18.6. The molecule has 140 valence electrons. The van der Waals surface area contributed by atoms with Crippen LogP contribution in [0.5, 0.6) is 0 Å². The second kappa shape index (κ2) is 9.30. The number of nitrogens with two attached hydrogens (primary N) is 1. The van der Waals surface area contributed by atoms with Gasteiger partial charge in [-0.1, -0.05) is 42.5 Å². The molecule has 0 saturated heterocycles. The number of aromatic nitrogens is 1. The molecule has 4 N–H and O–H groups in total. The summed E-state index contributed by atoms with van der Waals surface area (Å²) in [7, 11) is 0. The SMILES string of the molecule is CC(NCCc1ccccc1)c1ccc(NC(=O)Cc2csc(N)n2)cc1. The zero-order valence-electron chi connectivity index (χ0n) is 15.3. The minimum atomic E-state index is -0.0953. The monoisotopic (exact) mass is 380 g/mol. The lowest BCUT2D eigenvalue weighted by atomic mass is 10.1. The van der Waals surface area contributed by atoms with Crippen LogP contribution >= 0.6 is 11.3 Å². The molecule has 0 aliphatic heterocycles. The Balaban J connectivity index is 1.46. The van der Waals surface area contributed by atoms with E-state index in [1.165, 1.54) is 22.5 Å². The largest absolute Gasteiger partial charge is 0.375 e. The zero-order valence-corrected chi connectivity index (χ0v) is 16.1. The second-order valence-electron chi connectivity index (χ2n) is 6.44. The summed E-state index contributed by atoms with van der Waals surface area (Å²) in [5.74, 6) is -0.0953. The highest BCUT2D eigenvalue weighted by molar-refractivity contribution is 7.13. The van der Waals surface area contributed by atoms with Crippen LogP contribution in [-0.2, 0) is 17.6 Å². The lowest BCUT2D eigenvalue weighted by Gasteiger charge is -2.15. The predicted octanol–water partition coefficient (Wildman–Crippen LogP) is 3.80. The molecule has 5 nitrogen and oxygen atoms in total. The first-order valence-corrected chi connectivity index (χ1v) is 9.85. The molecule has 1 heterocycles. The number of hydrogen-bond donors (Lipinski definition) is 3. The zero-order chi connectivity index (χ0) is 19.1. The Kier molecular flexibility index (Phi) is 6.57. The second-order valence-corrected chi connectivity index (χ2v) is 7.33. The van der Waals surface area contributed by atoms with Gasteiger partial charge in [-0.2, -0.15) is 0 Å². The van der Waals surface area contributed by atoms with Gasteiger partial charge in [0.15, 0.2) is 5.13 Å². The summed E-state index contributed by atoms with van der Waals surface area (Å²) in [6.45, 7) is 3.06. The predicted molar refractivity (Wildman–Crippen MR) is 112 cm³/mol. The van der Waals surface area contributed by atoms with E-state index >= 15 is 0 Å². The normalized spacial score (nSPS) is 11.9. The molecule has 2 aromatic carbocycles. The third-order valence-electron chi connectivity index (χ3n) is 4.31. The van der Waals surface area contributed by atoms with E-state index in [4.69, 9.17) is 5.73 Å². The summed E-state index contributed by atoms with van der Waals surface area (Å²) >= 11 is 1.34. The van der Waals surface area contributed by atoms with Crippen molar-refractivity contribution in [1.82, 2.24) is 10.3 Å². The molecule has 27 heavy (non-hydrogen) atoms. The lowest BCUT2D eigenvalue weighted by Crippen LogP contribution is -2.21. The molecule has 1 unspecified atom stereocenters. The molecule has 3 rings (SSSR count).